The van der Waals surface area contributed by atoms with Gasteiger partial charge in [-0.3, -0.25) is 4.98 Å². The monoisotopic (exact) mass is 717 g/mol. The number of fused-ring (bicyclic) bond motifs is 6. The number of hydrogen-bond donors (Lipinski definition) is 0. The number of nitrogens with zero attached hydrogens (tertiary/aromatic N) is 3. The number of aromatic nitrogens is 3. The number of para-hydroxylation sites is 2. The predicted octanol–water partition coefficient (Wildman–Crippen LogP) is 13.7. The lowest BCUT2D eigenvalue weighted by Gasteiger charge is -2.13. The van der Waals surface area contributed by atoms with Gasteiger partial charge in [-0.2, -0.15) is 0 Å². The highest BCUT2D eigenvalue weighted by Crippen LogP contribution is 2.43. The Hall–Kier alpha value is -7.63. The molecular formula is C51H31N3O2. The highest BCUT2D eigenvalue weighted by molar-refractivity contribution is 6.17. The number of furan rings is 2. The maximum Gasteiger partial charge on any atom is 0.160 e. The Morgan fingerprint density at radius 2 is 0.964 bits per heavy atom. The number of rotatable bonds is 6. The molecule has 56 heavy (non-hydrogen) atoms. The summed E-state index contributed by atoms with van der Waals surface area (Å²) in [6, 6.07) is 62.4. The molecule has 0 bridgehead atoms. The average Bonchev–Trinajstić information content (AvgIpc) is 3.85. The molecular weight excluding hydrogens is 687 g/mol. The van der Waals surface area contributed by atoms with Crippen LogP contribution in [-0.4, -0.2) is 15.0 Å². The zero-order valence-electron chi connectivity index (χ0n) is 30.1. The van der Waals surface area contributed by atoms with Crippen molar-refractivity contribution in [3.05, 3.63) is 188 Å². The molecule has 5 heteroatoms. The molecule has 11 aromatic rings. The molecule has 5 nitrogen and oxygen atoms in total. The first kappa shape index (κ1) is 31.9. The summed E-state index contributed by atoms with van der Waals surface area (Å²) in [4.78, 5) is 15.0. The van der Waals surface area contributed by atoms with Gasteiger partial charge >= 0.3 is 0 Å². The maximum atomic E-state index is 6.69. The minimum absolute atomic E-state index is 0.648. The Kier molecular flexibility index (Phi) is 7.42. The average molecular weight is 718 g/mol. The fraction of sp³-hybridized carbons (Fsp3) is 0. The predicted molar refractivity (Wildman–Crippen MR) is 227 cm³/mol. The molecule has 0 amide bonds. The second kappa shape index (κ2) is 13.0. The van der Waals surface area contributed by atoms with E-state index in [9.17, 15) is 0 Å². The van der Waals surface area contributed by atoms with Gasteiger partial charge in [-0.25, -0.2) is 9.97 Å². The van der Waals surface area contributed by atoms with Gasteiger partial charge in [0.2, 0.25) is 0 Å². The number of pyridine rings is 1. The molecule has 0 aliphatic carbocycles. The van der Waals surface area contributed by atoms with Crippen molar-refractivity contribution < 1.29 is 8.83 Å². The molecule has 0 N–H and O–H groups in total. The summed E-state index contributed by atoms with van der Waals surface area (Å²) in [5, 5.41) is 4.38. The Morgan fingerprint density at radius 3 is 1.77 bits per heavy atom. The number of benzene rings is 7. The molecule has 0 aliphatic heterocycles. The molecule has 0 saturated carbocycles. The fourth-order valence-corrected chi connectivity index (χ4v) is 7.91. The van der Waals surface area contributed by atoms with Crippen LogP contribution in [0.25, 0.3) is 111 Å². The van der Waals surface area contributed by atoms with Crippen LogP contribution in [0.4, 0.5) is 0 Å². The van der Waals surface area contributed by atoms with E-state index < -0.39 is 0 Å². The highest BCUT2D eigenvalue weighted by Gasteiger charge is 2.19. The normalized spacial score (nSPS) is 11.6. The quantitative estimate of drug-likeness (QED) is 0.171. The van der Waals surface area contributed by atoms with Crippen LogP contribution in [0.2, 0.25) is 0 Å². The summed E-state index contributed by atoms with van der Waals surface area (Å²) in [5.74, 6) is 0.648. The van der Waals surface area contributed by atoms with Crippen LogP contribution in [0, 0.1) is 0 Å². The summed E-state index contributed by atoms with van der Waals surface area (Å²) >= 11 is 0. The SMILES string of the molecule is c1ccc(-c2cc(-c3ccccc3-c3ccccn3)nc(-c3ccc(-c4ccc(-c5ccc6oc7ccccc7c6c5)c5c4oc4ccccc45)cc3)n2)cc1. The van der Waals surface area contributed by atoms with Crippen LogP contribution >= 0.6 is 0 Å². The van der Waals surface area contributed by atoms with E-state index in [1.807, 2.05) is 79.0 Å². The first-order valence-corrected chi connectivity index (χ1v) is 18.7. The van der Waals surface area contributed by atoms with Gasteiger partial charge in [-0.05, 0) is 65.2 Å². The molecule has 0 aliphatic rings. The maximum absolute atomic E-state index is 6.69. The molecule has 7 aromatic carbocycles. The van der Waals surface area contributed by atoms with Crippen LogP contribution in [0.5, 0.6) is 0 Å². The summed E-state index contributed by atoms with van der Waals surface area (Å²) < 4.78 is 12.8. The standard InChI is InChI=1S/C51H31N3O2/c1-2-12-33(13-3-1)44-31-45(39-15-5-4-14-38(39)43-18-10-11-29-52-43)54-51(53-44)34-23-21-32(22-24-34)37-27-26-36(49-41-17-7-9-20-47(41)56-50(37)49)35-25-28-48-42(30-35)40-16-6-8-19-46(40)55-48/h1-31H. The molecule has 0 radical (unpaired) electrons. The molecule has 4 heterocycles. The lowest BCUT2D eigenvalue weighted by atomic mass is 9.93. The number of hydrogen-bond acceptors (Lipinski definition) is 5. The topological polar surface area (TPSA) is 65.0 Å². The third-order valence-electron chi connectivity index (χ3n) is 10.6. The molecule has 262 valence electrons. The van der Waals surface area contributed by atoms with E-state index in [1.54, 1.807) is 0 Å². The van der Waals surface area contributed by atoms with Crippen molar-refractivity contribution in [2.24, 2.45) is 0 Å². The van der Waals surface area contributed by atoms with Gasteiger partial charge in [-0.1, -0.05) is 133 Å². The van der Waals surface area contributed by atoms with Gasteiger partial charge in [0.05, 0.1) is 17.1 Å². The van der Waals surface area contributed by atoms with E-state index in [0.29, 0.717) is 5.82 Å². The van der Waals surface area contributed by atoms with Crippen molar-refractivity contribution in [1.29, 1.82) is 0 Å². The van der Waals surface area contributed by atoms with E-state index in [2.05, 4.69) is 114 Å². The lowest BCUT2D eigenvalue weighted by Crippen LogP contribution is -1.97. The van der Waals surface area contributed by atoms with E-state index in [0.717, 1.165) is 105 Å². The van der Waals surface area contributed by atoms with Gasteiger partial charge in [-0.15, -0.1) is 0 Å². The summed E-state index contributed by atoms with van der Waals surface area (Å²) in [6.45, 7) is 0. The zero-order valence-corrected chi connectivity index (χ0v) is 30.1. The van der Waals surface area contributed by atoms with Crippen molar-refractivity contribution in [1.82, 2.24) is 15.0 Å². The van der Waals surface area contributed by atoms with E-state index in [1.165, 1.54) is 0 Å². The second-order valence-electron chi connectivity index (χ2n) is 13.9. The van der Waals surface area contributed by atoms with Crippen molar-refractivity contribution in [2.75, 3.05) is 0 Å². The van der Waals surface area contributed by atoms with Crippen LogP contribution in [0.1, 0.15) is 0 Å². The Labute approximate surface area is 322 Å². The Bertz CT molecular complexity index is 3240. The first-order valence-electron chi connectivity index (χ1n) is 18.7. The highest BCUT2D eigenvalue weighted by atomic mass is 16.3. The van der Waals surface area contributed by atoms with Crippen molar-refractivity contribution in [3.8, 4) is 67.4 Å². The minimum Gasteiger partial charge on any atom is -0.456 e. The summed E-state index contributed by atoms with van der Waals surface area (Å²) in [6.07, 6.45) is 1.82. The van der Waals surface area contributed by atoms with Crippen molar-refractivity contribution in [2.45, 2.75) is 0 Å². The lowest BCUT2D eigenvalue weighted by molar-refractivity contribution is 0.669. The molecule has 0 fully saturated rings. The van der Waals surface area contributed by atoms with E-state index >= 15 is 0 Å². The van der Waals surface area contributed by atoms with E-state index in [4.69, 9.17) is 18.8 Å². The van der Waals surface area contributed by atoms with E-state index in [-0.39, 0.29) is 0 Å². The van der Waals surface area contributed by atoms with Gasteiger partial charge in [0, 0.05) is 55.6 Å². The summed E-state index contributed by atoms with van der Waals surface area (Å²) in [5.41, 5.74) is 14.3. The zero-order chi connectivity index (χ0) is 37.0. The van der Waals surface area contributed by atoms with Gasteiger partial charge in [0.1, 0.15) is 22.3 Å². The van der Waals surface area contributed by atoms with Gasteiger partial charge in [0.25, 0.3) is 0 Å². The molecule has 0 saturated heterocycles. The smallest absolute Gasteiger partial charge is 0.160 e. The van der Waals surface area contributed by atoms with Crippen molar-refractivity contribution in [3.63, 3.8) is 0 Å². The fourth-order valence-electron chi connectivity index (χ4n) is 7.91. The van der Waals surface area contributed by atoms with Crippen molar-refractivity contribution >= 4 is 43.9 Å². The third kappa shape index (κ3) is 5.37. The van der Waals surface area contributed by atoms with Crippen LogP contribution in [0.3, 0.4) is 0 Å². The minimum atomic E-state index is 0.648. The van der Waals surface area contributed by atoms with Gasteiger partial charge < -0.3 is 8.83 Å². The third-order valence-corrected chi connectivity index (χ3v) is 10.6. The molecule has 0 spiro atoms. The molecule has 0 atom stereocenters. The van der Waals surface area contributed by atoms with Crippen LogP contribution < -0.4 is 0 Å². The Balaban J connectivity index is 1.03. The summed E-state index contributed by atoms with van der Waals surface area (Å²) in [7, 11) is 0. The molecule has 0 unspecified atom stereocenters. The largest absolute Gasteiger partial charge is 0.456 e. The first-order chi connectivity index (χ1) is 27.7. The molecule has 4 aromatic heterocycles. The second-order valence-corrected chi connectivity index (χ2v) is 13.9. The van der Waals surface area contributed by atoms with Crippen LogP contribution in [-0.2, 0) is 0 Å². The van der Waals surface area contributed by atoms with Gasteiger partial charge in [0.15, 0.2) is 5.82 Å². The van der Waals surface area contributed by atoms with Crippen LogP contribution in [0.15, 0.2) is 197 Å². The Morgan fingerprint density at radius 1 is 0.339 bits per heavy atom. The molecule has 11 rings (SSSR count).